The van der Waals surface area contributed by atoms with Crippen LogP contribution >= 0.6 is 0 Å². The first-order chi connectivity index (χ1) is 5.71. The van der Waals surface area contributed by atoms with Crippen molar-refractivity contribution in [3.63, 3.8) is 0 Å². The summed E-state index contributed by atoms with van der Waals surface area (Å²) in [5.41, 5.74) is -0.430. The van der Waals surface area contributed by atoms with Crippen LogP contribution < -0.4 is 5.32 Å². The van der Waals surface area contributed by atoms with Gasteiger partial charge < -0.3 is 10.4 Å². The Kier molecular flexibility index (Phi) is 2.13. The van der Waals surface area contributed by atoms with Gasteiger partial charge in [0.25, 0.3) is 0 Å². The molecule has 2 heteroatoms. The van der Waals surface area contributed by atoms with Gasteiger partial charge in [-0.1, -0.05) is 6.42 Å². The molecule has 0 spiro atoms. The lowest BCUT2D eigenvalue weighted by Crippen LogP contribution is -2.52. The van der Waals surface area contributed by atoms with Crippen LogP contribution in [0, 0.1) is 5.92 Å². The van der Waals surface area contributed by atoms with Crippen molar-refractivity contribution in [2.75, 3.05) is 6.54 Å². The second-order valence-corrected chi connectivity index (χ2v) is 4.50. The SMILES string of the molecule is C[C@](O)(C1CC1)[C@H]1CCCCN1. The molecule has 0 unspecified atom stereocenters. The van der Waals surface area contributed by atoms with Crippen LogP contribution in [0.2, 0.25) is 0 Å². The van der Waals surface area contributed by atoms with Gasteiger partial charge in [-0.15, -0.1) is 0 Å². The fraction of sp³-hybridized carbons (Fsp3) is 1.00. The molecule has 70 valence electrons. The van der Waals surface area contributed by atoms with Crippen LogP contribution in [0.15, 0.2) is 0 Å². The van der Waals surface area contributed by atoms with Gasteiger partial charge >= 0.3 is 0 Å². The van der Waals surface area contributed by atoms with E-state index in [1.165, 1.54) is 25.7 Å². The lowest BCUT2D eigenvalue weighted by molar-refractivity contribution is -0.0102. The van der Waals surface area contributed by atoms with E-state index in [0.29, 0.717) is 12.0 Å². The third-order valence-electron chi connectivity index (χ3n) is 3.42. The lowest BCUT2D eigenvalue weighted by Gasteiger charge is -2.36. The maximum atomic E-state index is 10.2. The Labute approximate surface area is 74.4 Å². The van der Waals surface area contributed by atoms with E-state index in [1.807, 2.05) is 6.92 Å². The van der Waals surface area contributed by atoms with Crippen molar-refractivity contribution in [3.8, 4) is 0 Å². The topological polar surface area (TPSA) is 32.3 Å². The zero-order chi connectivity index (χ0) is 8.60. The van der Waals surface area contributed by atoms with Crippen LogP contribution in [0.25, 0.3) is 0 Å². The van der Waals surface area contributed by atoms with Gasteiger partial charge in [0.2, 0.25) is 0 Å². The van der Waals surface area contributed by atoms with Gasteiger partial charge in [-0.3, -0.25) is 0 Å². The molecule has 1 aliphatic heterocycles. The molecule has 0 bridgehead atoms. The summed E-state index contributed by atoms with van der Waals surface area (Å²) < 4.78 is 0. The molecule has 2 atom stereocenters. The van der Waals surface area contributed by atoms with Crippen molar-refractivity contribution in [1.82, 2.24) is 5.32 Å². The first-order valence-electron chi connectivity index (χ1n) is 5.17. The molecule has 2 nitrogen and oxygen atoms in total. The summed E-state index contributed by atoms with van der Waals surface area (Å²) in [4.78, 5) is 0. The second-order valence-electron chi connectivity index (χ2n) is 4.50. The van der Waals surface area contributed by atoms with E-state index in [4.69, 9.17) is 0 Å². The van der Waals surface area contributed by atoms with E-state index >= 15 is 0 Å². The minimum absolute atomic E-state index is 0.360. The summed E-state index contributed by atoms with van der Waals surface area (Å²) in [5.74, 6) is 0.577. The van der Waals surface area contributed by atoms with Crippen LogP contribution in [-0.2, 0) is 0 Å². The highest BCUT2D eigenvalue weighted by atomic mass is 16.3. The molecular weight excluding hydrogens is 150 g/mol. The van der Waals surface area contributed by atoms with Crippen molar-refractivity contribution >= 4 is 0 Å². The third-order valence-corrected chi connectivity index (χ3v) is 3.42. The molecule has 12 heavy (non-hydrogen) atoms. The van der Waals surface area contributed by atoms with Crippen LogP contribution in [0.1, 0.15) is 39.0 Å². The Balaban J connectivity index is 1.95. The van der Waals surface area contributed by atoms with Crippen LogP contribution in [-0.4, -0.2) is 23.3 Å². The van der Waals surface area contributed by atoms with E-state index < -0.39 is 5.60 Å². The molecule has 2 rings (SSSR count). The molecular formula is C10H19NO. The standard InChI is InChI=1S/C10H19NO/c1-10(12,8-5-6-8)9-4-2-3-7-11-9/h8-9,11-12H,2-7H2,1H3/t9-,10+/m1/s1. The van der Waals surface area contributed by atoms with Gasteiger partial charge in [0.1, 0.15) is 0 Å². The minimum Gasteiger partial charge on any atom is -0.388 e. The summed E-state index contributed by atoms with van der Waals surface area (Å²) >= 11 is 0. The second kappa shape index (κ2) is 3.00. The number of aliphatic hydroxyl groups is 1. The minimum atomic E-state index is -0.430. The monoisotopic (exact) mass is 169 g/mol. The smallest absolute Gasteiger partial charge is 0.0799 e. The predicted octanol–water partition coefficient (Wildman–Crippen LogP) is 1.29. The summed E-state index contributed by atoms with van der Waals surface area (Å²) in [6.45, 7) is 3.10. The normalized spacial score (nSPS) is 36.0. The molecule has 2 aliphatic rings. The number of hydrogen-bond acceptors (Lipinski definition) is 2. The quantitative estimate of drug-likeness (QED) is 0.653. The highest BCUT2D eigenvalue weighted by Gasteiger charge is 2.45. The predicted molar refractivity (Wildman–Crippen MR) is 49.0 cm³/mol. The highest BCUT2D eigenvalue weighted by Crippen LogP contribution is 2.42. The van der Waals surface area contributed by atoms with Crippen molar-refractivity contribution < 1.29 is 5.11 Å². The van der Waals surface area contributed by atoms with Gasteiger partial charge in [-0.05, 0) is 45.1 Å². The number of rotatable bonds is 2. The van der Waals surface area contributed by atoms with Crippen molar-refractivity contribution in [2.24, 2.45) is 5.92 Å². The molecule has 1 saturated carbocycles. The molecule has 1 aliphatic carbocycles. The highest BCUT2D eigenvalue weighted by molar-refractivity contribution is 5.00. The molecule has 0 radical (unpaired) electrons. The average Bonchev–Trinajstić information content (AvgIpc) is 2.88. The van der Waals surface area contributed by atoms with Crippen LogP contribution in [0.5, 0.6) is 0 Å². The van der Waals surface area contributed by atoms with Gasteiger partial charge in [0.15, 0.2) is 0 Å². The molecule has 0 aromatic heterocycles. The molecule has 2 N–H and O–H groups in total. The van der Waals surface area contributed by atoms with Crippen LogP contribution in [0.3, 0.4) is 0 Å². The van der Waals surface area contributed by atoms with E-state index in [0.717, 1.165) is 13.0 Å². The Hall–Kier alpha value is -0.0800. The zero-order valence-electron chi connectivity index (χ0n) is 7.84. The Morgan fingerprint density at radius 1 is 1.25 bits per heavy atom. The number of nitrogens with one attached hydrogen (secondary N) is 1. The van der Waals surface area contributed by atoms with Gasteiger partial charge in [-0.2, -0.15) is 0 Å². The Morgan fingerprint density at radius 3 is 2.50 bits per heavy atom. The molecule has 0 aromatic rings. The summed E-state index contributed by atoms with van der Waals surface area (Å²) in [6, 6.07) is 0.360. The van der Waals surface area contributed by atoms with Crippen molar-refractivity contribution in [2.45, 2.75) is 50.7 Å². The summed E-state index contributed by atoms with van der Waals surface area (Å²) in [6.07, 6.45) is 6.16. The van der Waals surface area contributed by atoms with Gasteiger partial charge in [-0.25, -0.2) is 0 Å². The van der Waals surface area contributed by atoms with E-state index in [1.54, 1.807) is 0 Å². The molecule has 1 saturated heterocycles. The number of piperidine rings is 1. The molecule has 0 aromatic carbocycles. The molecule has 0 amide bonds. The van der Waals surface area contributed by atoms with Crippen molar-refractivity contribution in [3.05, 3.63) is 0 Å². The fourth-order valence-electron chi connectivity index (χ4n) is 2.30. The summed E-state index contributed by atoms with van der Waals surface area (Å²) in [5, 5.41) is 13.6. The maximum Gasteiger partial charge on any atom is 0.0799 e. The molecule has 2 fully saturated rings. The van der Waals surface area contributed by atoms with E-state index in [9.17, 15) is 5.11 Å². The average molecular weight is 169 g/mol. The number of hydrogen-bond donors (Lipinski definition) is 2. The first-order valence-corrected chi connectivity index (χ1v) is 5.17. The largest absolute Gasteiger partial charge is 0.388 e. The first kappa shape index (κ1) is 8.52. The summed E-state index contributed by atoms with van der Waals surface area (Å²) in [7, 11) is 0. The third kappa shape index (κ3) is 1.50. The lowest BCUT2D eigenvalue weighted by atomic mass is 9.85. The maximum absolute atomic E-state index is 10.2. The zero-order valence-corrected chi connectivity index (χ0v) is 7.84. The Bertz CT molecular complexity index is 157. The van der Waals surface area contributed by atoms with E-state index in [2.05, 4.69) is 5.32 Å². The fourth-order valence-corrected chi connectivity index (χ4v) is 2.30. The van der Waals surface area contributed by atoms with Crippen LogP contribution in [0.4, 0.5) is 0 Å². The Morgan fingerprint density at radius 2 is 2.00 bits per heavy atom. The van der Waals surface area contributed by atoms with E-state index in [-0.39, 0.29) is 0 Å². The van der Waals surface area contributed by atoms with Gasteiger partial charge in [0.05, 0.1) is 5.60 Å². The van der Waals surface area contributed by atoms with Crippen molar-refractivity contribution in [1.29, 1.82) is 0 Å². The van der Waals surface area contributed by atoms with Gasteiger partial charge in [0, 0.05) is 6.04 Å². The molecule has 1 heterocycles.